The number of aryl methyl sites for hydroxylation is 1. The predicted octanol–water partition coefficient (Wildman–Crippen LogP) is 2.38. The average Bonchev–Trinajstić information content (AvgIpc) is 2.96. The Kier molecular flexibility index (Phi) is 5.01. The number of nitrogens with zero attached hydrogens (tertiary/aromatic N) is 2. The second-order valence-electron chi connectivity index (χ2n) is 4.70. The van der Waals surface area contributed by atoms with Gasteiger partial charge in [0.2, 0.25) is 0 Å². The van der Waals surface area contributed by atoms with Gasteiger partial charge < -0.3 is 19.8 Å². The van der Waals surface area contributed by atoms with Gasteiger partial charge in [-0.3, -0.25) is 0 Å². The minimum Gasteiger partial charge on any atom is -0.493 e. The highest BCUT2D eigenvalue weighted by molar-refractivity contribution is 5.43. The average molecular weight is 275 g/mol. The summed E-state index contributed by atoms with van der Waals surface area (Å²) in [5.41, 5.74) is 6.89. The topological polar surface area (TPSA) is 62.3 Å². The molecule has 5 nitrogen and oxygen atoms in total. The molecule has 2 rings (SSSR count). The van der Waals surface area contributed by atoms with Gasteiger partial charge in [0.25, 0.3) is 0 Å². The van der Waals surface area contributed by atoms with Crippen LogP contribution in [-0.2, 0) is 6.54 Å². The molecule has 0 fully saturated rings. The highest BCUT2D eigenvalue weighted by Crippen LogP contribution is 2.29. The van der Waals surface area contributed by atoms with Gasteiger partial charge >= 0.3 is 0 Å². The largest absolute Gasteiger partial charge is 0.493 e. The summed E-state index contributed by atoms with van der Waals surface area (Å²) in [7, 11) is 1.64. The van der Waals surface area contributed by atoms with Crippen molar-refractivity contribution in [3.05, 3.63) is 42.5 Å². The first kappa shape index (κ1) is 14.4. The van der Waals surface area contributed by atoms with Crippen molar-refractivity contribution in [2.75, 3.05) is 13.7 Å². The first-order valence-electron chi connectivity index (χ1n) is 6.72. The maximum Gasteiger partial charge on any atom is 0.161 e. The van der Waals surface area contributed by atoms with E-state index in [0.29, 0.717) is 6.61 Å². The highest BCUT2D eigenvalue weighted by atomic mass is 16.5. The molecule has 0 saturated heterocycles. The lowest BCUT2D eigenvalue weighted by Crippen LogP contribution is -2.07. The lowest BCUT2D eigenvalue weighted by atomic mass is 10.1. The molecule has 0 amide bonds. The van der Waals surface area contributed by atoms with Crippen molar-refractivity contribution in [3.63, 3.8) is 0 Å². The number of hydrogen-bond acceptors (Lipinski definition) is 4. The van der Waals surface area contributed by atoms with Gasteiger partial charge in [-0.1, -0.05) is 6.07 Å². The van der Waals surface area contributed by atoms with E-state index < -0.39 is 0 Å². The van der Waals surface area contributed by atoms with Gasteiger partial charge in [-0.25, -0.2) is 4.98 Å². The number of methoxy groups -OCH3 is 1. The number of rotatable bonds is 7. The third kappa shape index (κ3) is 3.74. The van der Waals surface area contributed by atoms with E-state index in [1.54, 1.807) is 19.6 Å². The second-order valence-corrected chi connectivity index (χ2v) is 4.70. The molecule has 0 unspecified atom stereocenters. The van der Waals surface area contributed by atoms with Crippen LogP contribution in [0.1, 0.15) is 24.9 Å². The molecule has 1 atom stereocenters. The van der Waals surface area contributed by atoms with Crippen LogP contribution in [0.4, 0.5) is 0 Å². The molecule has 1 heterocycles. The summed E-state index contributed by atoms with van der Waals surface area (Å²) < 4.78 is 13.1. The maximum atomic E-state index is 5.86. The van der Waals surface area contributed by atoms with Gasteiger partial charge in [0.1, 0.15) is 0 Å². The van der Waals surface area contributed by atoms with Crippen molar-refractivity contribution < 1.29 is 9.47 Å². The Labute approximate surface area is 119 Å². The molecule has 0 spiro atoms. The molecule has 20 heavy (non-hydrogen) atoms. The van der Waals surface area contributed by atoms with E-state index in [1.807, 2.05) is 35.9 Å². The van der Waals surface area contributed by atoms with E-state index in [4.69, 9.17) is 15.2 Å². The summed E-state index contributed by atoms with van der Waals surface area (Å²) in [6.07, 6.45) is 6.43. The van der Waals surface area contributed by atoms with Crippen molar-refractivity contribution >= 4 is 0 Å². The Morgan fingerprint density at radius 2 is 2.20 bits per heavy atom. The van der Waals surface area contributed by atoms with Crippen molar-refractivity contribution in [2.45, 2.75) is 25.9 Å². The minimum absolute atomic E-state index is 0.0146. The molecule has 108 valence electrons. The van der Waals surface area contributed by atoms with Gasteiger partial charge in [-0.05, 0) is 31.0 Å². The van der Waals surface area contributed by atoms with Crippen molar-refractivity contribution in [2.24, 2.45) is 5.73 Å². The summed E-state index contributed by atoms with van der Waals surface area (Å²) in [6, 6.07) is 5.79. The van der Waals surface area contributed by atoms with Gasteiger partial charge in [-0.2, -0.15) is 0 Å². The van der Waals surface area contributed by atoms with E-state index in [9.17, 15) is 0 Å². The number of imidazole rings is 1. The molecule has 2 aromatic rings. The Morgan fingerprint density at radius 3 is 2.85 bits per heavy atom. The van der Waals surface area contributed by atoms with Crippen LogP contribution in [0.3, 0.4) is 0 Å². The van der Waals surface area contributed by atoms with E-state index in [0.717, 1.165) is 30.0 Å². The standard InChI is InChI=1S/C15H21N3O2/c1-12(16)13-4-5-14(15(10-13)19-2)20-9-3-7-18-8-6-17-11-18/h4-6,8,10-12H,3,7,9,16H2,1-2H3/t12-/m0/s1. The van der Waals surface area contributed by atoms with Gasteiger partial charge in [0.05, 0.1) is 20.0 Å². The molecule has 2 N–H and O–H groups in total. The lowest BCUT2D eigenvalue weighted by Gasteiger charge is -2.13. The van der Waals surface area contributed by atoms with E-state index in [1.165, 1.54) is 0 Å². The fourth-order valence-corrected chi connectivity index (χ4v) is 1.93. The normalized spacial score (nSPS) is 12.2. The molecule has 1 aromatic heterocycles. The quantitative estimate of drug-likeness (QED) is 0.788. The zero-order chi connectivity index (χ0) is 14.4. The zero-order valence-corrected chi connectivity index (χ0v) is 12.0. The van der Waals surface area contributed by atoms with E-state index in [-0.39, 0.29) is 6.04 Å². The molecule has 0 bridgehead atoms. The molecule has 0 aliphatic rings. The maximum absolute atomic E-state index is 5.86. The number of benzene rings is 1. The van der Waals surface area contributed by atoms with Crippen LogP contribution in [0.15, 0.2) is 36.9 Å². The molecule has 5 heteroatoms. The van der Waals surface area contributed by atoms with Crippen LogP contribution < -0.4 is 15.2 Å². The Bertz CT molecular complexity index is 524. The fraction of sp³-hybridized carbons (Fsp3) is 0.400. The second kappa shape index (κ2) is 6.96. The van der Waals surface area contributed by atoms with Gasteiger partial charge in [0.15, 0.2) is 11.5 Å². The van der Waals surface area contributed by atoms with E-state index in [2.05, 4.69) is 4.98 Å². The first-order valence-corrected chi connectivity index (χ1v) is 6.72. The molecule has 0 radical (unpaired) electrons. The molecule has 0 aliphatic heterocycles. The van der Waals surface area contributed by atoms with Crippen LogP contribution >= 0.6 is 0 Å². The summed E-state index contributed by atoms with van der Waals surface area (Å²) in [6.45, 7) is 3.47. The third-order valence-electron chi connectivity index (χ3n) is 3.09. The zero-order valence-electron chi connectivity index (χ0n) is 12.0. The molecule has 0 saturated carbocycles. The molecule has 0 aliphatic carbocycles. The summed E-state index contributed by atoms with van der Waals surface area (Å²) in [5.74, 6) is 1.48. The van der Waals surface area contributed by atoms with Crippen LogP contribution in [0.2, 0.25) is 0 Å². The van der Waals surface area contributed by atoms with E-state index >= 15 is 0 Å². The number of nitrogens with two attached hydrogens (primary N) is 1. The Hall–Kier alpha value is -2.01. The third-order valence-corrected chi connectivity index (χ3v) is 3.09. The van der Waals surface area contributed by atoms with Crippen LogP contribution in [-0.4, -0.2) is 23.3 Å². The Morgan fingerprint density at radius 1 is 1.35 bits per heavy atom. The smallest absolute Gasteiger partial charge is 0.161 e. The first-order chi connectivity index (χ1) is 9.70. The lowest BCUT2D eigenvalue weighted by molar-refractivity contribution is 0.282. The summed E-state index contributed by atoms with van der Waals surface area (Å²) in [4.78, 5) is 4.00. The summed E-state index contributed by atoms with van der Waals surface area (Å²) >= 11 is 0. The van der Waals surface area contributed by atoms with Crippen molar-refractivity contribution in [1.82, 2.24) is 9.55 Å². The minimum atomic E-state index is -0.0146. The van der Waals surface area contributed by atoms with Crippen LogP contribution in [0.5, 0.6) is 11.5 Å². The number of hydrogen-bond donors (Lipinski definition) is 1. The fourth-order valence-electron chi connectivity index (χ4n) is 1.93. The van der Waals surface area contributed by atoms with Crippen LogP contribution in [0.25, 0.3) is 0 Å². The van der Waals surface area contributed by atoms with Crippen molar-refractivity contribution in [3.8, 4) is 11.5 Å². The summed E-state index contributed by atoms with van der Waals surface area (Å²) in [5, 5.41) is 0. The predicted molar refractivity (Wildman–Crippen MR) is 77.9 cm³/mol. The Balaban J connectivity index is 1.88. The number of aromatic nitrogens is 2. The van der Waals surface area contributed by atoms with Gasteiger partial charge in [0, 0.05) is 25.0 Å². The van der Waals surface area contributed by atoms with Gasteiger partial charge in [-0.15, -0.1) is 0 Å². The SMILES string of the molecule is COc1cc([C@H](C)N)ccc1OCCCn1ccnc1. The van der Waals surface area contributed by atoms with Crippen molar-refractivity contribution in [1.29, 1.82) is 0 Å². The highest BCUT2D eigenvalue weighted by Gasteiger charge is 2.08. The molecular weight excluding hydrogens is 254 g/mol. The number of ether oxygens (including phenoxy) is 2. The molecule has 1 aromatic carbocycles. The monoisotopic (exact) mass is 275 g/mol. The molecular formula is C15H21N3O2. The van der Waals surface area contributed by atoms with Crippen LogP contribution in [0, 0.1) is 0 Å².